The van der Waals surface area contributed by atoms with Crippen molar-refractivity contribution in [2.75, 3.05) is 26.9 Å². The van der Waals surface area contributed by atoms with Gasteiger partial charge in [-0.3, -0.25) is 10.5 Å². The van der Waals surface area contributed by atoms with Crippen molar-refractivity contribution < 1.29 is 22.8 Å². The van der Waals surface area contributed by atoms with Crippen molar-refractivity contribution in [3.05, 3.63) is 0 Å². The first-order valence-corrected chi connectivity index (χ1v) is 11.7. The second-order valence-corrected chi connectivity index (χ2v) is 10.6. The van der Waals surface area contributed by atoms with Crippen LogP contribution in [0.4, 0.5) is 0 Å². The summed E-state index contributed by atoms with van der Waals surface area (Å²) in [6.07, 6.45) is 10.1. The maximum Gasteiger partial charge on any atom is 0.304 e. The predicted octanol–water partition coefficient (Wildman–Crippen LogP) is 3.16. The molecule has 0 amide bonds. The Kier molecular flexibility index (Phi) is 12.4. The zero-order valence-electron chi connectivity index (χ0n) is 17.2. The zero-order chi connectivity index (χ0) is 20.2. The van der Waals surface area contributed by atoms with E-state index in [-0.39, 0.29) is 10.2 Å². The van der Waals surface area contributed by atoms with Gasteiger partial charge in [-0.1, -0.05) is 64.7 Å². The Morgan fingerprint density at radius 1 is 0.923 bits per heavy atom. The minimum atomic E-state index is -3.53. The lowest BCUT2D eigenvalue weighted by atomic mass is 10.1. The fraction of sp³-hybridized carbons (Fsp3) is 0.947. The zero-order valence-corrected chi connectivity index (χ0v) is 18.1. The maximum absolute atomic E-state index is 12.6. The van der Waals surface area contributed by atoms with Gasteiger partial charge in [0.15, 0.2) is 16.0 Å². The molecule has 0 aromatic rings. The van der Waals surface area contributed by atoms with Crippen molar-refractivity contribution in [2.24, 2.45) is 5.73 Å². The van der Waals surface area contributed by atoms with E-state index in [1.807, 2.05) is 0 Å². The molecular weight excluding hydrogens is 352 g/mol. The Balaban J connectivity index is 4.28. The predicted molar refractivity (Wildman–Crippen MR) is 108 cm³/mol. The Morgan fingerprint density at radius 3 is 1.73 bits per heavy atom. The summed E-state index contributed by atoms with van der Waals surface area (Å²) in [5.74, 6) is -1.10. The summed E-state index contributed by atoms with van der Waals surface area (Å²) in [4.78, 5) is 11.1. The molecule has 2 atom stereocenters. The second-order valence-electron chi connectivity index (χ2n) is 8.29. The first kappa shape index (κ1) is 25.3. The first-order valence-electron chi connectivity index (χ1n) is 10.0. The fourth-order valence-electron chi connectivity index (χ4n) is 3.07. The van der Waals surface area contributed by atoms with E-state index in [1.54, 1.807) is 21.1 Å². The van der Waals surface area contributed by atoms with Gasteiger partial charge in [-0.25, -0.2) is 8.42 Å². The Bertz CT molecular complexity index is 486. The van der Waals surface area contributed by atoms with Gasteiger partial charge in [-0.05, 0) is 6.42 Å². The third-order valence-electron chi connectivity index (χ3n) is 4.89. The van der Waals surface area contributed by atoms with Gasteiger partial charge in [0.2, 0.25) is 0 Å². The molecule has 0 aliphatic carbocycles. The van der Waals surface area contributed by atoms with Gasteiger partial charge in [-0.2, -0.15) is 0 Å². The summed E-state index contributed by atoms with van der Waals surface area (Å²) < 4.78 is 25.5. The van der Waals surface area contributed by atoms with Gasteiger partial charge in [0.05, 0.1) is 33.3 Å². The van der Waals surface area contributed by atoms with Gasteiger partial charge in [0.1, 0.15) is 5.25 Å². The van der Waals surface area contributed by atoms with Crippen molar-refractivity contribution >= 4 is 15.8 Å². The molecule has 0 radical (unpaired) electrons. The van der Waals surface area contributed by atoms with E-state index in [1.165, 1.54) is 38.5 Å². The summed E-state index contributed by atoms with van der Waals surface area (Å²) in [6.45, 7) is 2.21. The highest BCUT2D eigenvalue weighted by molar-refractivity contribution is 7.92. The molecule has 7 heteroatoms. The standard InChI is InChI=1S/C19H40N2O4S/c1-5-6-7-8-9-10-11-12-13-14-15-26(24,25)17(16-18(22)23)19(20)21(2,3)4/h17,19H,5-16,20H2,1-4H3/p+1. The molecule has 0 spiro atoms. The highest BCUT2D eigenvalue weighted by Gasteiger charge is 2.40. The number of nitrogens with two attached hydrogens (primary N) is 1. The molecule has 0 aliphatic heterocycles. The summed E-state index contributed by atoms with van der Waals surface area (Å²) in [5.41, 5.74) is 6.08. The molecule has 0 saturated heterocycles. The van der Waals surface area contributed by atoms with Gasteiger partial charge in [0, 0.05) is 0 Å². The molecule has 0 bridgehead atoms. The average Bonchev–Trinajstić information content (AvgIpc) is 2.52. The number of sulfone groups is 1. The number of carboxylic acid groups (broad SMARTS) is 1. The van der Waals surface area contributed by atoms with Crippen LogP contribution in [0.25, 0.3) is 0 Å². The molecule has 0 heterocycles. The number of hydrogen-bond acceptors (Lipinski definition) is 4. The van der Waals surface area contributed by atoms with Gasteiger partial charge >= 0.3 is 5.97 Å². The topological polar surface area (TPSA) is 97.5 Å². The maximum atomic E-state index is 12.6. The summed E-state index contributed by atoms with van der Waals surface area (Å²) in [6, 6.07) is 0. The van der Waals surface area contributed by atoms with Crippen molar-refractivity contribution in [2.45, 2.75) is 89.0 Å². The number of hydrogen-bond donors (Lipinski definition) is 2. The Labute approximate surface area is 160 Å². The fourth-order valence-corrected chi connectivity index (χ4v) is 5.17. The Hall–Kier alpha value is -0.660. The monoisotopic (exact) mass is 393 g/mol. The smallest absolute Gasteiger partial charge is 0.304 e. The van der Waals surface area contributed by atoms with Gasteiger partial charge in [0.25, 0.3) is 0 Å². The van der Waals surface area contributed by atoms with Crippen molar-refractivity contribution in [3.8, 4) is 0 Å². The van der Waals surface area contributed by atoms with E-state index in [9.17, 15) is 13.2 Å². The van der Waals surface area contributed by atoms with Crippen LogP contribution in [-0.4, -0.2) is 62.3 Å². The number of rotatable bonds is 16. The quantitative estimate of drug-likeness (QED) is 0.238. The van der Waals surface area contributed by atoms with Crippen molar-refractivity contribution in [1.29, 1.82) is 0 Å². The SMILES string of the molecule is CCCCCCCCCCCCS(=O)(=O)C(CC(=O)O)C(N)[N+](C)(C)C. The minimum absolute atomic E-state index is 0.0230. The highest BCUT2D eigenvalue weighted by atomic mass is 32.2. The van der Waals surface area contributed by atoms with E-state index in [0.717, 1.165) is 19.3 Å². The van der Waals surface area contributed by atoms with Crippen LogP contribution in [0.15, 0.2) is 0 Å². The number of aliphatic carboxylic acids is 1. The summed E-state index contributed by atoms with van der Waals surface area (Å²) in [5, 5.41) is 8.04. The molecule has 26 heavy (non-hydrogen) atoms. The second kappa shape index (κ2) is 12.7. The lowest BCUT2D eigenvalue weighted by Gasteiger charge is -2.35. The molecular formula is C19H41N2O4S+. The molecule has 0 aromatic carbocycles. The molecule has 0 fully saturated rings. The number of quaternary nitrogens is 1. The van der Waals surface area contributed by atoms with Crippen LogP contribution in [0.5, 0.6) is 0 Å². The van der Waals surface area contributed by atoms with Crippen LogP contribution in [0, 0.1) is 0 Å². The first-order chi connectivity index (χ1) is 12.0. The largest absolute Gasteiger partial charge is 0.481 e. The third-order valence-corrected chi connectivity index (χ3v) is 7.12. The number of unbranched alkanes of at least 4 members (excludes halogenated alkanes) is 9. The molecule has 0 saturated carbocycles. The van der Waals surface area contributed by atoms with Crippen LogP contribution in [0.1, 0.15) is 77.6 Å². The number of nitrogens with zero attached hydrogens (tertiary/aromatic N) is 1. The highest BCUT2D eigenvalue weighted by Crippen LogP contribution is 2.18. The van der Waals surface area contributed by atoms with E-state index in [2.05, 4.69) is 6.92 Å². The molecule has 2 unspecified atom stereocenters. The molecule has 0 aliphatic rings. The molecule has 6 nitrogen and oxygen atoms in total. The molecule has 3 N–H and O–H groups in total. The van der Waals surface area contributed by atoms with E-state index >= 15 is 0 Å². The van der Waals surface area contributed by atoms with Gasteiger partial charge < -0.3 is 9.59 Å². The van der Waals surface area contributed by atoms with Crippen LogP contribution in [0.2, 0.25) is 0 Å². The molecule has 0 rings (SSSR count). The minimum Gasteiger partial charge on any atom is -0.481 e. The number of carboxylic acids is 1. The van der Waals surface area contributed by atoms with E-state index in [4.69, 9.17) is 10.8 Å². The third kappa shape index (κ3) is 11.1. The lowest BCUT2D eigenvalue weighted by molar-refractivity contribution is -0.895. The van der Waals surface area contributed by atoms with Crippen molar-refractivity contribution in [1.82, 2.24) is 0 Å². The van der Waals surface area contributed by atoms with E-state index in [0.29, 0.717) is 6.42 Å². The molecule has 0 aromatic heterocycles. The summed E-state index contributed by atoms with van der Waals surface area (Å²) >= 11 is 0. The normalized spacial score (nSPS) is 15.0. The van der Waals surface area contributed by atoms with Crippen LogP contribution < -0.4 is 5.73 Å². The average molecular weight is 394 g/mol. The Morgan fingerprint density at radius 2 is 1.35 bits per heavy atom. The van der Waals surface area contributed by atoms with Crippen LogP contribution >= 0.6 is 0 Å². The number of carbonyl (C=O) groups is 1. The van der Waals surface area contributed by atoms with Crippen LogP contribution in [0.3, 0.4) is 0 Å². The summed E-state index contributed by atoms with van der Waals surface area (Å²) in [7, 11) is 1.83. The van der Waals surface area contributed by atoms with Crippen molar-refractivity contribution in [3.63, 3.8) is 0 Å². The van der Waals surface area contributed by atoms with Gasteiger partial charge in [-0.15, -0.1) is 0 Å². The lowest BCUT2D eigenvalue weighted by Crippen LogP contribution is -2.59. The van der Waals surface area contributed by atoms with E-state index < -0.39 is 33.6 Å². The molecule has 156 valence electrons. The van der Waals surface area contributed by atoms with Crippen LogP contribution in [-0.2, 0) is 14.6 Å².